The van der Waals surface area contributed by atoms with Gasteiger partial charge >= 0.3 is 0 Å². The molecule has 0 aromatic heterocycles. The summed E-state index contributed by atoms with van der Waals surface area (Å²) in [6, 6.07) is 29.2. The van der Waals surface area contributed by atoms with Gasteiger partial charge in [-0.15, -0.1) is 0 Å². The van der Waals surface area contributed by atoms with E-state index in [2.05, 4.69) is 105 Å². The highest BCUT2D eigenvalue weighted by Crippen LogP contribution is 2.42. The highest BCUT2D eigenvalue weighted by molar-refractivity contribution is 7.80. The molecule has 0 heterocycles. The monoisotopic (exact) mass is 415 g/mol. The second kappa shape index (κ2) is 9.36. The molecule has 156 valence electrons. The molecule has 3 aromatic rings. The molecule has 1 aliphatic carbocycles. The fourth-order valence-electron chi connectivity index (χ4n) is 4.59. The van der Waals surface area contributed by atoms with Gasteiger partial charge in [-0.3, -0.25) is 0 Å². The van der Waals surface area contributed by atoms with E-state index in [4.69, 9.17) is 0 Å². The highest BCUT2D eigenvalue weighted by Gasteiger charge is 2.27. The third kappa shape index (κ3) is 4.96. The Bertz CT molecular complexity index is 898. The maximum absolute atomic E-state index is 3.95. The molecule has 1 aliphatic rings. The highest BCUT2D eigenvalue weighted by atomic mass is 31.1. The topological polar surface area (TPSA) is 12.0 Å². The number of rotatable bonds is 5. The molecule has 1 nitrogen and oxygen atoms in total. The van der Waals surface area contributed by atoms with Crippen LogP contribution in [-0.2, 0) is 0 Å². The third-order valence-corrected chi connectivity index (χ3v) is 8.37. The number of hydrogen-bond donors (Lipinski definition) is 1. The van der Waals surface area contributed by atoms with Crippen LogP contribution in [0.25, 0.3) is 0 Å². The molecule has 4 rings (SSSR count). The van der Waals surface area contributed by atoms with Crippen LogP contribution in [0.2, 0.25) is 0 Å². The van der Waals surface area contributed by atoms with Gasteiger partial charge < -0.3 is 5.32 Å². The minimum absolute atomic E-state index is 0.0217. The van der Waals surface area contributed by atoms with Crippen LogP contribution in [0.15, 0.2) is 78.9 Å². The zero-order valence-electron chi connectivity index (χ0n) is 18.6. The number of para-hydroxylation sites is 1. The molecule has 3 aromatic carbocycles. The van der Waals surface area contributed by atoms with Crippen LogP contribution < -0.4 is 21.2 Å². The van der Waals surface area contributed by atoms with Crippen molar-refractivity contribution in [2.24, 2.45) is 0 Å². The molecule has 0 atom stereocenters. The molecule has 0 amide bonds. The first-order valence-electron chi connectivity index (χ1n) is 11.3. The van der Waals surface area contributed by atoms with Crippen molar-refractivity contribution in [1.82, 2.24) is 0 Å². The summed E-state index contributed by atoms with van der Waals surface area (Å²) in [6.07, 6.45) is 6.73. The molecule has 1 N–H and O–H groups in total. The van der Waals surface area contributed by atoms with E-state index in [1.165, 1.54) is 59.3 Å². The number of nitrogens with one attached hydrogen (secondary N) is 1. The molecule has 1 fully saturated rings. The Hall–Kier alpha value is -2.11. The first-order valence-corrected chi connectivity index (χ1v) is 12.7. The van der Waals surface area contributed by atoms with Gasteiger partial charge in [0.15, 0.2) is 0 Å². The van der Waals surface area contributed by atoms with Crippen molar-refractivity contribution in [1.29, 1.82) is 0 Å². The Balaban J connectivity index is 1.90. The summed E-state index contributed by atoms with van der Waals surface area (Å²) < 4.78 is 0. The van der Waals surface area contributed by atoms with Gasteiger partial charge in [-0.05, 0) is 63.6 Å². The largest absolute Gasteiger partial charge is 0.380 e. The number of benzene rings is 3. The SMILES string of the molecule is CC(C)(C)Nc1c(C2CCCCC2)cccc1P(c1ccccc1)c1ccccc1. The smallest absolute Gasteiger partial charge is 0.0464 e. The molecule has 0 saturated heterocycles. The number of anilines is 1. The lowest BCUT2D eigenvalue weighted by molar-refractivity contribution is 0.444. The molecule has 0 bridgehead atoms. The van der Waals surface area contributed by atoms with E-state index in [1.54, 1.807) is 0 Å². The van der Waals surface area contributed by atoms with E-state index >= 15 is 0 Å². The van der Waals surface area contributed by atoms with Crippen molar-refractivity contribution in [2.45, 2.75) is 64.3 Å². The van der Waals surface area contributed by atoms with E-state index in [9.17, 15) is 0 Å². The first kappa shape index (κ1) is 21.1. The van der Waals surface area contributed by atoms with Crippen LogP contribution in [-0.4, -0.2) is 5.54 Å². The van der Waals surface area contributed by atoms with Crippen molar-refractivity contribution in [2.75, 3.05) is 5.32 Å². The van der Waals surface area contributed by atoms with Gasteiger partial charge in [-0.25, -0.2) is 0 Å². The fraction of sp³-hybridized carbons (Fsp3) is 0.357. The van der Waals surface area contributed by atoms with E-state index in [0.717, 1.165) is 0 Å². The van der Waals surface area contributed by atoms with Crippen LogP contribution >= 0.6 is 7.92 Å². The lowest BCUT2D eigenvalue weighted by atomic mass is 9.83. The van der Waals surface area contributed by atoms with Crippen LogP contribution in [0.1, 0.15) is 64.4 Å². The molecule has 0 radical (unpaired) electrons. The molecular formula is C28H34NP. The minimum atomic E-state index is -0.620. The summed E-state index contributed by atoms with van der Waals surface area (Å²) in [5.41, 5.74) is 2.94. The van der Waals surface area contributed by atoms with Crippen molar-refractivity contribution in [3.8, 4) is 0 Å². The van der Waals surface area contributed by atoms with Gasteiger partial charge in [0.25, 0.3) is 0 Å². The van der Waals surface area contributed by atoms with Crippen LogP contribution in [0.3, 0.4) is 0 Å². The molecule has 1 saturated carbocycles. The lowest BCUT2D eigenvalue weighted by Gasteiger charge is -2.33. The summed E-state index contributed by atoms with van der Waals surface area (Å²) in [5.74, 6) is 0.673. The van der Waals surface area contributed by atoms with Gasteiger partial charge in [-0.1, -0.05) is 98.1 Å². The van der Waals surface area contributed by atoms with Gasteiger partial charge in [0.2, 0.25) is 0 Å². The van der Waals surface area contributed by atoms with E-state index in [1.807, 2.05) is 0 Å². The van der Waals surface area contributed by atoms with Crippen LogP contribution in [0.5, 0.6) is 0 Å². The van der Waals surface area contributed by atoms with E-state index in [-0.39, 0.29) is 5.54 Å². The fourth-order valence-corrected chi connectivity index (χ4v) is 7.03. The van der Waals surface area contributed by atoms with Crippen molar-refractivity contribution in [3.05, 3.63) is 84.4 Å². The van der Waals surface area contributed by atoms with Crippen LogP contribution in [0.4, 0.5) is 5.69 Å². The maximum Gasteiger partial charge on any atom is 0.0464 e. The Morgan fingerprint density at radius 2 is 1.27 bits per heavy atom. The maximum atomic E-state index is 3.95. The molecule has 2 heteroatoms. The lowest BCUT2D eigenvalue weighted by Crippen LogP contribution is -2.32. The predicted octanol–water partition coefficient (Wildman–Crippen LogP) is 6.70. The van der Waals surface area contributed by atoms with Crippen molar-refractivity contribution in [3.63, 3.8) is 0 Å². The quantitative estimate of drug-likeness (QED) is 0.457. The molecule has 0 unspecified atom stereocenters. The van der Waals surface area contributed by atoms with Gasteiger partial charge in [0.05, 0.1) is 0 Å². The summed E-state index contributed by atoms with van der Waals surface area (Å²) >= 11 is 0. The zero-order valence-corrected chi connectivity index (χ0v) is 19.5. The second-order valence-corrected chi connectivity index (χ2v) is 11.6. The Kier molecular flexibility index (Phi) is 6.59. The molecule has 0 spiro atoms. The Morgan fingerprint density at radius 3 is 1.80 bits per heavy atom. The molecule has 30 heavy (non-hydrogen) atoms. The summed E-state index contributed by atoms with van der Waals surface area (Å²) in [6.45, 7) is 6.84. The molecular weight excluding hydrogens is 381 g/mol. The van der Waals surface area contributed by atoms with Crippen molar-refractivity contribution >= 4 is 29.5 Å². The normalized spacial score (nSPS) is 15.3. The Morgan fingerprint density at radius 1 is 0.700 bits per heavy atom. The summed E-state index contributed by atoms with van der Waals surface area (Å²) in [4.78, 5) is 0. The molecule has 0 aliphatic heterocycles. The first-order chi connectivity index (χ1) is 14.5. The Labute approximate surface area is 183 Å². The zero-order chi connectivity index (χ0) is 21.0. The van der Waals surface area contributed by atoms with Crippen molar-refractivity contribution < 1.29 is 0 Å². The average molecular weight is 416 g/mol. The number of hydrogen-bond acceptors (Lipinski definition) is 1. The van der Waals surface area contributed by atoms with E-state index in [0.29, 0.717) is 5.92 Å². The third-order valence-electron chi connectivity index (χ3n) is 5.89. The summed E-state index contributed by atoms with van der Waals surface area (Å²) in [5, 5.41) is 8.24. The van der Waals surface area contributed by atoms with Crippen LogP contribution in [0, 0.1) is 0 Å². The van der Waals surface area contributed by atoms with E-state index < -0.39 is 7.92 Å². The van der Waals surface area contributed by atoms with Gasteiger partial charge in [0.1, 0.15) is 0 Å². The minimum Gasteiger partial charge on any atom is -0.380 e. The standard InChI is InChI=1S/C28H34NP/c1-28(2,3)29-27-25(22-14-7-4-8-15-22)20-13-21-26(27)30(23-16-9-5-10-17-23)24-18-11-6-12-19-24/h5-6,9-13,16-22,29H,4,7-8,14-15H2,1-3H3. The predicted molar refractivity (Wildman–Crippen MR) is 134 cm³/mol. The van der Waals surface area contributed by atoms with Gasteiger partial charge in [0, 0.05) is 16.5 Å². The second-order valence-electron chi connectivity index (χ2n) is 9.46. The summed E-state index contributed by atoms with van der Waals surface area (Å²) in [7, 11) is -0.620. The van der Waals surface area contributed by atoms with Gasteiger partial charge in [-0.2, -0.15) is 0 Å². The average Bonchev–Trinajstić information content (AvgIpc) is 2.76.